The molecule has 0 fully saturated rings. The number of carbonyl (C=O) groups is 1. The summed E-state index contributed by atoms with van der Waals surface area (Å²) in [6, 6.07) is 19.5. The number of nitrogens with one attached hydrogen (secondary N) is 2. The average Bonchev–Trinajstić information content (AvgIpc) is 2.68. The third kappa shape index (κ3) is 4.77. The van der Waals surface area contributed by atoms with Crippen LogP contribution < -0.4 is 15.4 Å². The zero-order valence-electron chi connectivity index (χ0n) is 14.6. The number of ether oxygens (including phenoxy) is 1. The van der Waals surface area contributed by atoms with Crippen LogP contribution in [0.2, 0.25) is 5.02 Å². The minimum atomic E-state index is -0.666. The van der Waals surface area contributed by atoms with E-state index in [-0.39, 0.29) is 11.7 Å². The summed E-state index contributed by atoms with van der Waals surface area (Å²) in [6.07, 6.45) is 0. The van der Waals surface area contributed by atoms with Crippen LogP contribution in [0.15, 0.2) is 72.8 Å². The first-order chi connectivity index (χ1) is 13.1. The molecule has 0 heterocycles. The number of hydrogen-bond acceptors (Lipinski definition) is 3. The lowest BCUT2D eigenvalue weighted by Crippen LogP contribution is -2.27. The van der Waals surface area contributed by atoms with Gasteiger partial charge in [0.05, 0.1) is 12.1 Å². The number of carbonyl (C=O) groups excluding carboxylic acids is 1. The molecule has 1 atom stereocenters. The van der Waals surface area contributed by atoms with E-state index in [0.29, 0.717) is 22.1 Å². The molecule has 0 aromatic heterocycles. The Morgan fingerprint density at radius 1 is 1.00 bits per heavy atom. The molecule has 2 N–H and O–H groups in total. The molecule has 3 rings (SSSR count). The summed E-state index contributed by atoms with van der Waals surface area (Å²) >= 11 is 6.18. The minimum absolute atomic E-state index is 0.278. The van der Waals surface area contributed by atoms with Crippen LogP contribution in [0, 0.1) is 5.82 Å². The summed E-state index contributed by atoms with van der Waals surface area (Å²) in [5, 5.41) is 6.43. The van der Waals surface area contributed by atoms with Gasteiger partial charge in [-0.2, -0.15) is 0 Å². The van der Waals surface area contributed by atoms with Crippen LogP contribution in [-0.4, -0.2) is 13.0 Å². The molecule has 138 valence electrons. The predicted octanol–water partition coefficient (Wildman–Crippen LogP) is 5.28. The summed E-state index contributed by atoms with van der Waals surface area (Å²) in [7, 11) is 1.54. The Balaban J connectivity index is 1.86. The molecule has 27 heavy (non-hydrogen) atoms. The minimum Gasteiger partial charge on any atom is -0.495 e. The summed E-state index contributed by atoms with van der Waals surface area (Å²) in [4.78, 5) is 12.9. The van der Waals surface area contributed by atoms with E-state index < -0.39 is 6.04 Å². The van der Waals surface area contributed by atoms with Crippen LogP contribution in [0.5, 0.6) is 5.75 Å². The Bertz CT molecular complexity index is 917. The Labute approximate surface area is 161 Å². The van der Waals surface area contributed by atoms with Gasteiger partial charge in [0.25, 0.3) is 5.91 Å². The van der Waals surface area contributed by atoms with E-state index in [1.807, 2.05) is 30.3 Å². The fourth-order valence-corrected chi connectivity index (χ4v) is 2.87. The highest BCUT2D eigenvalue weighted by Crippen LogP contribution is 2.29. The van der Waals surface area contributed by atoms with Crippen molar-refractivity contribution in [3.05, 3.63) is 89.2 Å². The molecule has 0 bridgehead atoms. The van der Waals surface area contributed by atoms with Crippen molar-refractivity contribution in [2.45, 2.75) is 6.04 Å². The molecule has 1 unspecified atom stereocenters. The Hall–Kier alpha value is -3.05. The Morgan fingerprint density at radius 2 is 1.67 bits per heavy atom. The molecule has 3 aromatic rings. The maximum absolute atomic E-state index is 13.1. The highest BCUT2D eigenvalue weighted by atomic mass is 35.5. The molecule has 0 radical (unpaired) electrons. The molecule has 0 saturated carbocycles. The monoisotopic (exact) mass is 384 g/mol. The van der Waals surface area contributed by atoms with Crippen LogP contribution in [0.4, 0.5) is 15.8 Å². The molecule has 6 heteroatoms. The van der Waals surface area contributed by atoms with Crippen molar-refractivity contribution >= 4 is 28.9 Å². The number of benzene rings is 3. The lowest BCUT2D eigenvalue weighted by molar-refractivity contribution is -0.117. The standard InChI is InChI=1S/C21H18ClFN2O2/c1-27-19-12-11-17(13-18(19)22)24-20(14-5-3-2-4-6-14)21(26)25-16-9-7-15(23)8-10-16/h2-13,20,24H,1H3,(H,25,26). The van der Waals surface area contributed by atoms with Crippen LogP contribution in [0.25, 0.3) is 0 Å². The number of anilines is 2. The molecule has 4 nitrogen and oxygen atoms in total. The van der Waals surface area contributed by atoms with Gasteiger partial charge in [-0.25, -0.2) is 4.39 Å². The zero-order chi connectivity index (χ0) is 19.2. The number of hydrogen-bond donors (Lipinski definition) is 2. The second-order valence-electron chi connectivity index (χ2n) is 5.83. The third-order valence-electron chi connectivity index (χ3n) is 3.97. The zero-order valence-corrected chi connectivity index (χ0v) is 15.3. The summed E-state index contributed by atoms with van der Waals surface area (Å²) < 4.78 is 18.2. The van der Waals surface area contributed by atoms with Crippen molar-refractivity contribution < 1.29 is 13.9 Å². The number of rotatable bonds is 6. The largest absolute Gasteiger partial charge is 0.495 e. The molecule has 0 saturated heterocycles. The first-order valence-corrected chi connectivity index (χ1v) is 8.66. The first kappa shape index (κ1) is 18.7. The van der Waals surface area contributed by atoms with Crippen LogP contribution in [0.1, 0.15) is 11.6 Å². The smallest absolute Gasteiger partial charge is 0.251 e. The van der Waals surface area contributed by atoms with Crippen LogP contribution in [0.3, 0.4) is 0 Å². The van der Waals surface area contributed by atoms with E-state index in [4.69, 9.17) is 16.3 Å². The van der Waals surface area contributed by atoms with Gasteiger partial charge >= 0.3 is 0 Å². The first-order valence-electron chi connectivity index (χ1n) is 8.28. The van der Waals surface area contributed by atoms with E-state index in [9.17, 15) is 9.18 Å². The summed E-state index contributed by atoms with van der Waals surface area (Å²) in [5.41, 5.74) is 1.96. The molecular weight excluding hydrogens is 367 g/mol. The maximum atomic E-state index is 13.1. The van der Waals surface area contributed by atoms with Gasteiger partial charge in [-0.1, -0.05) is 41.9 Å². The lowest BCUT2D eigenvalue weighted by atomic mass is 10.1. The maximum Gasteiger partial charge on any atom is 0.251 e. The van der Waals surface area contributed by atoms with Gasteiger partial charge in [0.15, 0.2) is 0 Å². The number of methoxy groups -OCH3 is 1. The lowest BCUT2D eigenvalue weighted by Gasteiger charge is -2.20. The molecule has 3 aromatic carbocycles. The van der Waals surface area contributed by atoms with E-state index in [1.165, 1.54) is 31.4 Å². The van der Waals surface area contributed by atoms with Crippen molar-refractivity contribution in [2.24, 2.45) is 0 Å². The number of halogens is 2. The molecule has 0 aliphatic carbocycles. The van der Waals surface area contributed by atoms with Crippen molar-refractivity contribution in [3.63, 3.8) is 0 Å². The number of amides is 1. The van der Waals surface area contributed by atoms with Gasteiger partial charge in [-0.05, 0) is 48.0 Å². The molecule has 0 aliphatic heterocycles. The van der Waals surface area contributed by atoms with Crippen LogP contribution >= 0.6 is 11.6 Å². The fraction of sp³-hybridized carbons (Fsp3) is 0.0952. The van der Waals surface area contributed by atoms with Crippen molar-refractivity contribution in [1.82, 2.24) is 0 Å². The van der Waals surface area contributed by atoms with Crippen LogP contribution in [-0.2, 0) is 4.79 Å². The quantitative estimate of drug-likeness (QED) is 0.608. The van der Waals surface area contributed by atoms with Gasteiger partial charge in [0.2, 0.25) is 0 Å². The van der Waals surface area contributed by atoms with E-state index in [0.717, 1.165) is 5.56 Å². The van der Waals surface area contributed by atoms with Gasteiger partial charge in [-0.3, -0.25) is 4.79 Å². The average molecular weight is 385 g/mol. The van der Waals surface area contributed by atoms with Gasteiger partial charge < -0.3 is 15.4 Å². The van der Waals surface area contributed by atoms with Crippen molar-refractivity contribution in [2.75, 3.05) is 17.7 Å². The molecular formula is C21H18ClFN2O2. The summed E-state index contributed by atoms with van der Waals surface area (Å²) in [5.74, 6) is -0.0902. The van der Waals surface area contributed by atoms with E-state index in [1.54, 1.807) is 18.2 Å². The fourth-order valence-electron chi connectivity index (χ4n) is 2.62. The van der Waals surface area contributed by atoms with Crippen molar-refractivity contribution in [1.29, 1.82) is 0 Å². The van der Waals surface area contributed by atoms with Gasteiger partial charge in [0, 0.05) is 11.4 Å². The molecule has 1 amide bonds. The van der Waals surface area contributed by atoms with Gasteiger partial charge in [0.1, 0.15) is 17.6 Å². The topological polar surface area (TPSA) is 50.4 Å². The van der Waals surface area contributed by atoms with E-state index >= 15 is 0 Å². The summed E-state index contributed by atoms with van der Waals surface area (Å²) in [6.45, 7) is 0. The normalized spacial score (nSPS) is 11.5. The Morgan fingerprint density at radius 3 is 2.30 bits per heavy atom. The molecule has 0 spiro atoms. The Kier molecular flexibility index (Phi) is 5.94. The SMILES string of the molecule is COc1ccc(NC(C(=O)Nc2ccc(F)cc2)c2ccccc2)cc1Cl. The second-order valence-corrected chi connectivity index (χ2v) is 6.24. The predicted molar refractivity (Wildman–Crippen MR) is 106 cm³/mol. The molecule has 0 aliphatic rings. The highest BCUT2D eigenvalue weighted by molar-refractivity contribution is 6.32. The van der Waals surface area contributed by atoms with Gasteiger partial charge in [-0.15, -0.1) is 0 Å². The third-order valence-corrected chi connectivity index (χ3v) is 4.27. The second kappa shape index (κ2) is 8.56. The highest BCUT2D eigenvalue weighted by Gasteiger charge is 2.21. The van der Waals surface area contributed by atoms with E-state index in [2.05, 4.69) is 10.6 Å². The van der Waals surface area contributed by atoms with Crippen molar-refractivity contribution in [3.8, 4) is 5.75 Å².